The van der Waals surface area contributed by atoms with Crippen LogP contribution in [0.2, 0.25) is 0 Å². The van der Waals surface area contributed by atoms with Gasteiger partial charge in [0, 0.05) is 24.5 Å². The van der Waals surface area contributed by atoms with Crippen molar-refractivity contribution in [1.29, 1.82) is 0 Å². The number of fused-ring (bicyclic) bond motifs is 2. The molecule has 0 radical (unpaired) electrons. The quantitative estimate of drug-likeness (QED) is 0.793. The van der Waals surface area contributed by atoms with Crippen LogP contribution in [0.25, 0.3) is 5.78 Å². The van der Waals surface area contributed by atoms with Crippen molar-refractivity contribution in [3.8, 4) is 5.75 Å². The molecular weight excluding hydrogens is 319 g/mol. The van der Waals surface area contributed by atoms with Crippen LogP contribution >= 0.6 is 0 Å². The van der Waals surface area contributed by atoms with E-state index in [4.69, 9.17) is 4.74 Å². The van der Waals surface area contributed by atoms with Crippen molar-refractivity contribution in [2.45, 2.75) is 39.3 Å². The van der Waals surface area contributed by atoms with Gasteiger partial charge in [-0.2, -0.15) is 0 Å². The van der Waals surface area contributed by atoms with Crippen LogP contribution in [0.4, 0.5) is 4.39 Å². The maximum atomic E-state index is 13.3. The minimum absolute atomic E-state index is 0.0959. The second-order valence-corrected chi connectivity index (χ2v) is 6.59. The summed E-state index contributed by atoms with van der Waals surface area (Å²) in [5, 5.41) is 3.45. The lowest BCUT2D eigenvalue weighted by Crippen LogP contribution is -2.34. The maximum Gasteiger partial charge on any atom is 0.234 e. The Morgan fingerprint density at radius 1 is 1.32 bits per heavy atom. The zero-order valence-corrected chi connectivity index (χ0v) is 14.4. The summed E-state index contributed by atoms with van der Waals surface area (Å²) in [6.45, 7) is 5.47. The third-order valence-electron chi connectivity index (χ3n) is 4.59. The molecule has 130 valence electrons. The molecular formula is C19H21FN4O. The van der Waals surface area contributed by atoms with Crippen LogP contribution in [-0.4, -0.2) is 27.0 Å². The summed E-state index contributed by atoms with van der Waals surface area (Å²) in [6.07, 6.45) is 3.69. The van der Waals surface area contributed by atoms with Gasteiger partial charge in [-0.05, 0) is 56.5 Å². The van der Waals surface area contributed by atoms with Crippen LogP contribution in [0, 0.1) is 19.7 Å². The van der Waals surface area contributed by atoms with Crippen LogP contribution in [0.5, 0.6) is 5.75 Å². The maximum absolute atomic E-state index is 13.3. The third kappa shape index (κ3) is 3.22. The average molecular weight is 340 g/mol. The van der Waals surface area contributed by atoms with Gasteiger partial charge in [-0.15, -0.1) is 0 Å². The third-order valence-corrected chi connectivity index (χ3v) is 4.59. The van der Waals surface area contributed by atoms with Gasteiger partial charge in [-0.1, -0.05) is 0 Å². The molecule has 1 aliphatic rings. The van der Waals surface area contributed by atoms with E-state index in [0.717, 1.165) is 53.6 Å². The Morgan fingerprint density at radius 2 is 2.20 bits per heavy atom. The summed E-state index contributed by atoms with van der Waals surface area (Å²) in [6, 6.07) is 6.79. The van der Waals surface area contributed by atoms with Gasteiger partial charge in [0.25, 0.3) is 0 Å². The molecule has 3 aromatic rings. The molecule has 1 aliphatic heterocycles. The lowest BCUT2D eigenvalue weighted by atomic mass is 10.0. The van der Waals surface area contributed by atoms with Crippen LogP contribution in [0.1, 0.15) is 29.1 Å². The number of aromatic nitrogens is 3. The fourth-order valence-corrected chi connectivity index (χ4v) is 3.44. The van der Waals surface area contributed by atoms with Gasteiger partial charge >= 0.3 is 0 Å². The second kappa shape index (κ2) is 6.44. The highest BCUT2D eigenvalue weighted by Gasteiger charge is 2.20. The first kappa shape index (κ1) is 16.0. The Balaban J connectivity index is 1.39. The van der Waals surface area contributed by atoms with Gasteiger partial charge in [0.05, 0.1) is 11.9 Å². The first-order valence-corrected chi connectivity index (χ1v) is 8.56. The van der Waals surface area contributed by atoms with E-state index in [1.807, 2.05) is 13.1 Å². The van der Waals surface area contributed by atoms with Gasteiger partial charge in [0.2, 0.25) is 5.78 Å². The Hall–Kier alpha value is -2.47. The SMILES string of the molecule is Cc1cc(C)n2c(CNCC3CCc4cc(F)ccc4O3)cnc2n1. The van der Waals surface area contributed by atoms with Gasteiger partial charge in [0.15, 0.2) is 0 Å². The number of nitrogens with one attached hydrogen (secondary N) is 1. The van der Waals surface area contributed by atoms with Gasteiger partial charge < -0.3 is 10.1 Å². The van der Waals surface area contributed by atoms with Crippen molar-refractivity contribution in [2.24, 2.45) is 0 Å². The summed E-state index contributed by atoms with van der Waals surface area (Å²) in [5.74, 6) is 1.33. The molecule has 0 amide bonds. The minimum Gasteiger partial charge on any atom is -0.489 e. The minimum atomic E-state index is -0.203. The summed E-state index contributed by atoms with van der Waals surface area (Å²) in [4.78, 5) is 8.84. The summed E-state index contributed by atoms with van der Waals surface area (Å²) < 4.78 is 21.3. The number of hydrogen-bond acceptors (Lipinski definition) is 4. The molecule has 0 saturated heterocycles. The zero-order valence-electron chi connectivity index (χ0n) is 14.4. The van der Waals surface area contributed by atoms with Crippen molar-refractivity contribution >= 4 is 5.78 Å². The largest absolute Gasteiger partial charge is 0.489 e. The van der Waals surface area contributed by atoms with Crippen LogP contribution < -0.4 is 10.1 Å². The molecule has 1 aromatic carbocycles. The van der Waals surface area contributed by atoms with Crippen molar-refractivity contribution in [2.75, 3.05) is 6.54 Å². The van der Waals surface area contributed by atoms with E-state index in [1.165, 1.54) is 6.07 Å². The Kier molecular flexibility index (Phi) is 4.13. The molecule has 1 unspecified atom stereocenters. The molecule has 0 bridgehead atoms. The van der Waals surface area contributed by atoms with Crippen molar-refractivity contribution in [1.82, 2.24) is 19.7 Å². The van der Waals surface area contributed by atoms with Crippen molar-refractivity contribution < 1.29 is 9.13 Å². The fourth-order valence-electron chi connectivity index (χ4n) is 3.44. The predicted molar refractivity (Wildman–Crippen MR) is 93.3 cm³/mol. The number of imidazole rings is 1. The number of ether oxygens (including phenoxy) is 1. The van der Waals surface area contributed by atoms with E-state index in [9.17, 15) is 4.39 Å². The van der Waals surface area contributed by atoms with E-state index in [-0.39, 0.29) is 11.9 Å². The number of nitrogens with zero attached hydrogens (tertiary/aromatic N) is 3. The standard InChI is InChI=1S/C19H21FN4O/c1-12-7-13(2)24-16(10-22-19(24)23-12)9-21-11-17-5-3-14-8-15(20)4-6-18(14)25-17/h4,6-8,10,17,21H,3,5,9,11H2,1-2H3. The van der Waals surface area contributed by atoms with Crippen LogP contribution in [-0.2, 0) is 13.0 Å². The monoisotopic (exact) mass is 340 g/mol. The highest BCUT2D eigenvalue weighted by Crippen LogP contribution is 2.27. The Bertz CT molecular complexity index is 921. The van der Waals surface area contributed by atoms with Gasteiger partial charge in [0.1, 0.15) is 17.7 Å². The number of benzene rings is 1. The molecule has 4 rings (SSSR count). The molecule has 2 aromatic heterocycles. The van der Waals surface area contributed by atoms with E-state index in [2.05, 4.69) is 32.7 Å². The van der Waals surface area contributed by atoms with E-state index in [1.54, 1.807) is 12.1 Å². The van der Waals surface area contributed by atoms with Crippen molar-refractivity contribution in [3.63, 3.8) is 0 Å². The highest BCUT2D eigenvalue weighted by atomic mass is 19.1. The van der Waals surface area contributed by atoms with Crippen LogP contribution in [0.3, 0.4) is 0 Å². The number of rotatable bonds is 4. The number of aryl methyl sites for hydroxylation is 3. The Morgan fingerprint density at radius 3 is 3.08 bits per heavy atom. The first-order chi connectivity index (χ1) is 12.1. The number of hydrogen-bond donors (Lipinski definition) is 1. The smallest absolute Gasteiger partial charge is 0.234 e. The average Bonchev–Trinajstić information content (AvgIpc) is 2.98. The topological polar surface area (TPSA) is 51.5 Å². The summed E-state index contributed by atoms with van der Waals surface area (Å²) in [7, 11) is 0. The molecule has 0 aliphatic carbocycles. The van der Waals surface area contributed by atoms with Gasteiger partial charge in [-0.25, -0.2) is 14.4 Å². The zero-order chi connectivity index (χ0) is 17.4. The predicted octanol–water partition coefficient (Wildman–Crippen LogP) is 2.97. The molecule has 0 saturated carbocycles. The molecule has 3 heterocycles. The van der Waals surface area contributed by atoms with Crippen molar-refractivity contribution in [3.05, 3.63) is 58.9 Å². The second-order valence-electron chi connectivity index (χ2n) is 6.59. The highest BCUT2D eigenvalue weighted by molar-refractivity contribution is 5.36. The van der Waals surface area contributed by atoms with E-state index < -0.39 is 0 Å². The lowest BCUT2D eigenvalue weighted by molar-refractivity contribution is 0.169. The molecule has 1 atom stereocenters. The summed E-state index contributed by atoms with van der Waals surface area (Å²) >= 11 is 0. The van der Waals surface area contributed by atoms with Crippen LogP contribution in [0.15, 0.2) is 30.5 Å². The molecule has 0 fully saturated rings. The molecule has 25 heavy (non-hydrogen) atoms. The molecule has 5 nitrogen and oxygen atoms in total. The fraction of sp³-hybridized carbons (Fsp3) is 0.368. The van der Waals surface area contributed by atoms with E-state index in [0.29, 0.717) is 6.54 Å². The van der Waals surface area contributed by atoms with Gasteiger partial charge in [-0.3, -0.25) is 4.40 Å². The number of halogens is 1. The Labute approximate surface area is 145 Å². The lowest BCUT2D eigenvalue weighted by Gasteiger charge is -2.26. The molecule has 1 N–H and O–H groups in total. The first-order valence-electron chi connectivity index (χ1n) is 8.56. The van der Waals surface area contributed by atoms with E-state index >= 15 is 0 Å². The molecule has 6 heteroatoms. The molecule has 0 spiro atoms. The summed E-state index contributed by atoms with van der Waals surface area (Å²) in [5.41, 5.74) is 4.14. The normalized spacial score (nSPS) is 16.7.